The molecule has 4 heteroatoms. The Morgan fingerprint density at radius 2 is 2.23 bits per heavy atom. The summed E-state index contributed by atoms with van der Waals surface area (Å²) in [6, 6.07) is -0.261. The Labute approximate surface area is 77.1 Å². The van der Waals surface area contributed by atoms with Crippen molar-refractivity contribution in [2.75, 3.05) is 13.6 Å². The van der Waals surface area contributed by atoms with Crippen molar-refractivity contribution < 1.29 is 15.3 Å². The van der Waals surface area contributed by atoms with E-state index >= 15 is 0 Å². The number of nitrogens with zero attached hydrogens (tertiary/aromatic N) is 1. The SMILES string of the molecule is CN1CCC2C=C(O)CC(O)(O)C21. The minimum Gasteiger partial charge on any atom is -0.512 e. The van der Waals surface area contributed by atoms with Crippen LogP contribution >= 0.6 is 0 Å². The second-order valence-corrected chi connectivity index (χ2v) is 4.09. The lowest BCUT2D eigenvalue weighted by Crippen LogP contribution is -2.53. The van der Waals surface area contributed by atoms with E-state index in [1.54, 1.807) is 6.08 Å². The Hall–Kier alpha value is -0.580. The quantitative estimate of drug-likeness (QED) is 0.459. The van der Waals surface area contributed by atoms with Gasteiger partial charge in [0.1, 0.15) is 0 Å². The van der Waals surface area contributed by atoms with Gasteiger partial charge in [0, 0.05) is 5.92 Å². The van der Waals surface area contributed by atoms with Gasteiger partial charge in [-0.1, -0.05) is 0 Å². The fourth-order valence-corrected chi connectivity index (χ4v) is 2.52. The van der Waals surface area contributed by atoms with Gasteiger partial charge in [-0.25, -0.2) is 0 Å². The first-order valence-corrected chi connectivity index (χ1v) is 4.55. The summed E-state index contributed by atoms with van der Waals surface area (Å²) >= 11 is 0. The zero-order chi connectivity index (χ0) is 9.64. The molecule has 2 unspecified atom stereocenters. The van der Waals surface area contributed by atoms with E-state index in [4.69, 9.17) is 0 Å². The third-order valence-corrected chi connectivity index (χ3v) is 3.02. The molecule has 0 saturated carbocycles. The fourth-order valence-electron chi connectivity index (χ4n) is 2.52. The van der Waals surface area contributed by atoms with Crippen LogP contribution in [0.2, 0.25) is 0 Å². The molecule has 3 N–H and O–H groups in total. The topological polar surface area (TPSA) is 63.9 Å². The largest absolute Gasteiger partial charge is 0.512 e. The van der Waals surface area contributed by atoms with Gasteiger partial charge in [-0.15, -0.1) is 0 Å². The van der Waals surface area contributed by atoms with Crippen molar-refractivity contribution in [3.63, 3.8) is 0 Å². The van der Waals surface area contributed by atoms with Crippen LogP contribution in [0.1, 0.15) is 12.8 Å². The molecule has 1 aliphatic carbocycles. The monoisotopic (exact) mass is 185 g/mol. The van der Waals surface area contributed by atoms with Gasteiger partial charge < -0.3 is 15.3 Å². The first kappa shape index (κ1) is 8.99. The maximum Gasteiger partial charge on any atom is 0.186 e. The van der Waals surface area contributed by atoms with Gasteiger partial charge in [-0.3, -0.25) is 4.90 Å². The number of fused-ring (bicyclic) bond motifs is 1. The molecule has 0 spiro atoms. The van der Waals surface area contributed by atoms with E-state index in [0.717, 1.165) is 13.0 Å². The van der Waals surface area contributed by atoms with E-state index < -0.39 is 5.79 Å². The van der Waals surface area contributed by atoms with Crippen molar-refractivity contribution in [2.45, 2.75) is 24.7 Å². The average molecular weight is 185 g/mol. The number of aliphatic hydroxyl groups is 3. The molecule has 0 aromatic heterocycles. The van der Waals surface area contributed by atoms with Crippen LogP contribution < -0.4 is 0 Å². The van der Waals surface area contributed by atoms with E-state index in [1.165, 1.54) is 0 Å². The molecule has 13 heavy (non-hydrogen) atoms. The van der Waals surface area contributed by atoms with Crippen molar-refractivity contribution in [3.05, 3.63) is 11.8 Å². The molecule has 0 aromatic carbocycles. The zero-order valence-corrected chi connectivity index (χ0v) is 7.64. The molecule has 2 aliphatic rings. The molecule has 0 radical (unpaired) electrons. The number of hydrogen-bond donors (Lipinski definition) is 3. The van der Waals surface area contributed by atoms with Gasteiger partial charge in [0.05, 0.1) is 18.2 Å². The summed E-state index contributed by atoms with van der Waals surface area (Å²) in [5.74, 6) is -1.59. The molecule has 2 atom stereocenters. The molecular formula is C9H15NO3. The highest BCUT2D eigenvalue weighted by Crippen LogP contribution is 2.38. The van der Waals surface area contributed by atoms with Crippen molar-refractivity contribution in [2.24, 2.45) is 5.92 Å². The lowest BCUT2D eigenvalue weighted by Gasteiger charge is -2.38. The summed E-state index contributed by atoms with van der Waals surface area (Å²) in [7, 11) is 1.88. The van der Waals surface area contributed by atoms with Gasteiger partial charge >= 0.3 is 0 Å². The van der Waals surface area contributed by atoms with Crippen LogP contribution in [0.15, 0.2) is 11.8 Å². The zero-order valence-electron chi connectivity index (χ0n) is 7.64. The number of likely N-dealkylation sites (N-methyl/N-ethyl adjacent to an activating group) is 1. The molecule has 4 nitrogen and oxygen atoms in total. The highest BCUT2D eigenvalue weighted by Gasteiger charge is 2.48. The normalized spacial score (nSPS) is 38.5. The Bertz CT molecular complexity index is 249. The highest BCUT2D eigenvalue weighted by molar-refractivity contribution is 5.14. The predicted molar refractivity (Wildman–Crippen MR) is 47.0 cm³/mol. The summed E-state index contributed by atoms with van der Waals surface area (Å²) in [5, 5.41) is 28.7. The fraction of sp³-hybridized carbons (Fsp3) is 0.778. The van der Waals surface area contributed by atoms with Crippen LogP contribution in [0, 0.1) is 5.92 Å². The summed E-state index contributed by atoms with van der Waals surface area (Å²) in [6.45, 7) is 0.849. The Morgan fingerprint density at radius 1 is 1.54 bits per heavy atom. The molecule has 1 saturated heterocycles. The van der Waals surface area contributed by atoms with Crippen molar-refractivity contribution in [3.8, 4) is 0 Å². The van der Waals surface area contributed by atoms with Gasteiger partial charge in [0.2, 0.25) is 0 Å². The molecule has 74 valence electrons. The molecular weight excluding hydrogens is 170 g/mol. The molecule has 0 amide bonds. The van der Waals surface area contributed by atoms with Crippen LogP contribution in [0.5, 0.6) is 0 Å². The number of aliphatic hydroxyl groups excluding tert-OH is 1. The average Bonchev–Trinajstić information content (AvgIpc) is 2.29. The van der Waals surface area contributed by atoms with Gasteiger partial charge in [0.25, 0.3) is 0 Å². The van der Waals surface area contributed by atoms with E-state index in [1.807, 2.05) is 11.9 Å². The van der Waals surface area contributed by atoms with Gasteiger partial charge in [-0.2, -0.15) is 0 Å². The third kappa shape index (κ3) is 1.35. The van der Waals surface area contributed by atoms with Crippen molar-refractivity contribution in [1.29, 1.82) is 0 Å². The first-order chi connectivity index (χ1) is 6.00. The standard InChI is InChI=1S/C9H15NO3/c1-10-3-2-6-4-7(11)5-9(12,13)8(6)10/h4,6,8,11-13H,2-3,5H2,1H3. The summed E-state index contributed by atoms with van der Waals surface area (Å²) < 4.78 is 0. The van der Waals surface area contributed by atoms with E-state index in [0.29, 0.717) is 0 Å². The molecule has 1 fully saturated rings. The van der Waals surface area contributed by atoms with Gasteiger partial charge in [0.15, 0.2) is 5.79 Å². The minimum absolute atomic E-state index is 0.0570. The summed E-state index contributed by atoms with van der Waals surface area (Å²) in [4.78, 5) is 1.94. The Morgan fingerprint density at radius 3 is 2.92 bits per heavy atom. The van der Waals surface area contributed by atoms with E-state index in [2.05, 4.69) is 0 Å². The maximum atomic E-state index is 9.70. The smallest absolute Gasteiger partial charge is 0.186 e. The van der Waals surface area contributed by atoms with Crippen LogP contribution in [0.25, 0.3) is 0 Å². The lowest BCUT2D eigenvalue weighted by molar-refractivity contribution is -0.209. The molecule has 1 heterocycles. The molecule has 2 rings (SSSR count). The molecule has 1 aliphatic heterocycles. The summed E-state index contributed by atoms with van der Waals surface area (Å²) in [6.07, 6.45) is 2.57. The van der Waals surface area contributed by atoms with Gasteiger partial charge in [-0.05, 0) is 26.1 Å². The number of hydrogen-bond acceptors (Lipinski definition) is 4. The second-order valence-electron chi connectivity index (χ2n) is 4.09. The van der Waals surface area contributed by atoms with Crippen LogP contribution in [-0.2, 0) is 0 Å². The molecule has 0 bridgehead atoms. The predicted octanol–water partition coefficient (Wildman–Crippen LogP) is -0.167. The highest BCUT2D eigenvalue weighted by atomic mass is 16.5. The maximum absolute atomic E-state index is 9.70. The van der Waals surface area contributed by atoms with Crippen molar-refractivity contribution >= 4 is 0 Å². The van der Waals surface area contributed by atoms with E-state index in [-0.39, 0.29) is 24.1 Å². The minimum atomic E-state index is -1.77. The van der Waals surface area contributed by atoms with Crippen LogP contribution in [0.3, 0.4) is 0 Å². The Balaban J connectivity index is 2.31. The lowest BCUT2D eigenvalue weighted by atomic mass is 9.85. The first-order valence-electron chi connectivity index (χ1n) is 4.55. The number of rotatable bonds is 0. The van der Waals surface area contributed by atoms with Crippen molar-refractivity contribution in [1.82, 2.24) is 4.90 Å². The number of likely N-dealkylation sites (tertiary alicyclic amines) is 1. The molecule has 0 aromatic rings. The Kier molecular flexibility index (Phi) is 1.87. The third-order valence-electron chi connectivity index (χ3n) is 3.02. The summed E-state index contributed by atoms with van der Waals surface area (Å²) in [5.41, 5.74) is 0. The van der Waals surface area contributed by atoms with Crippen LogP contribution in [0.4, 0.5) is 0 Å². The second kappa shape index (κ2) is 2.70. The van der Waals surface area contributed by atoms with E-state index in [9.17, 15) is 15.3 Å². The van der Waals surface area contributed by atoms with Crippen LogP contribution in [-0.4, -0.2) is 45.6 Å².